The van der Waals surface area contributed by atoms with E-state index in [1.165, 1.54) is 7.11 Å². The van der Waals surface area contributed by atoms with Gasteiger partial charge in [-0.15, -0.1) is 24.0 Å². The number of carbonyl (C=O) groups is 1. The van der Waals surface area contributed by atoms with Crippen molar-refractivity contribution in [3.63, 3.8) is 0 Å². The number of methoxy groups -OCH3 is 1. The molecule has 0 radical (unpaired) electrons. The van der Waals surface area contributed by atoms with E-state index in [4.69, 9.17) is 0 Å². The van der Waals surface area contributed by atoms with Gasteiger partial charge in [0.15, 0.2) is 0 Å². The fourth-order valence-corrected chi connectivity index (χ4v) is 0.637. The summed E-state index contributed by atoms with van der Waals surface area (Å²) < 4.78 is 4.46. The van der Waals surface area contributed by atoms with E-state index >= 15 is 0 Å². The second-order valence-corrected chi connectivity index (χ2v) is 2.03. The maximum Gasteiger partial charge on any atom is 0.305 e. The van der Waals surface area contributed by atoms with Crippen LogP contribution in [-0.2, 0) is 9.53 Å². The van der Waals surface area contributed by atoms with Crippen LogP contribution in [0.25, 0.3) is 0 Å². The van der Waals surface area contributed by atoms with Crippen LogP contribution in [0.15, 0.2) is 0 Å². The number of halogens is 1. The highest BCUT2D eigenvalue weighted by Crippen LogP contribution is 1.88. The zero-order valence-electron chi connectivity index (χ0n) is 7.05. The van der Waals surface area contributed by atoms with Gasteiger partial charge >= 0.3 is 5.97 Å². The summed E-state index contributed by atoms with van der Waals surface area (Å²) in [5, 5.41) is 3.12. The van der Waals surface area contributed by atoms with Gasteiger partial charge in [-0.2, -0.15) is 0 Å². The number of hydrogen-bond donors (Lipinski definition) is 1. The van der Waals surface area contributed by atoms with E-state index in [0.717, 1.165) is 19.5 Å². The lowest BCUT2D eigenvalue weighted by molar-refractivity contribution is -0.140. The Morgan fingerprint density at radius 1 is 1.55 bits per heavy atom. The molecular weight excluding hydrogens is 257 g/mol. The van der Waals surface area contributed by atoms with E-state index in [0.29, 0.717) is 6.42 Å². The normalized spacial score (nSPS) is 8.55. The Labute approximate surface area is 84.9 Å². The van der Waals surface area contributed by atoms with Crippen molar-refractivity contribution in [2.75, 3.05) is 20.2 Å². The molecular formula is C7H16INO2. The van der Waals surface area contributed by atoms with Crippen molar-refractivity contribution in [1.29, 1.82) is 0 Å². The fraction of sp³-hybridized carbons (Fsp3) is 0.857. The molecule has 0 rings (SSSR count). The van der Waals surface area contributed by atoms with Crippen LogP contribution in [0.2, 0.25) is 0 Å². The van der Waals surface area contributed by atoms with E-state index in [9.17, 15) is 4.79 Å². The third kappa shape index (κ3) is 10.2. The first-order valence-electron chi connectivity index (χ1n) is 3.58. The van der Waals surface area contributed by atoms with Crippen LogP contribution >= 0.6 is 24.0 Å². The van der Waals surface area contributed by atoms with Crippen molar-refractivity contribution in [3.8, 4) is 0 Å². The summed E-state index contributed by atoms with van der Waals surface area (Å²) in [6, 6.07) is 0. The maximum absolute atomic E-state index is 10.5. The third-order valence-electron chi connectivity index (χ3n) is 1.21. The SMILES string of the molecule is CCNCCCC(=O)OC.I. The van der Waals surface area contributed by atoms with Crippen LogP contribution in [0.1, 0.15) is 19.8 Å². The minimum Gasteiger partial charge on any atom is -0.469 e. The number of carbonyl (C=O) groups excluding carboxylic acids is 1. The molecule has 0 heterocycles. The smallest absolute Gasteiger partial charge is 0.305 e. The maximum atomic E-state index is 10.5. The average molecular weight is 273 g/mol. The molecule has 0 aromatic rings. The summed E-state index contributed by atoms with van der Waals surface area (Å²) in [7, 11) is 1.41. The summed E-state index contributed by atoms with van der Waals surface area (Å²) in [5.74, 6) is -0.127. The van der Waals surface area contributed by atoms with Gasteiger partial charge in [-0.3, -0.25) is 4.79 Å². The highest BCUT2D eigenvalue weighted by atomic mass is 127. The highest BCUT2D eigenvalue weighted by Gasteiger charge is 1.96. The number of esters is 1. The quantitative estimate of drug-likeness (QED) is 0.464. The van der Waals surface area contributed by atoms with Gasteiger partial charge in [0.1, 0.15) is 0 Å². The van der Waals surface area contributed by atoms with Gasteiger partial charge in [0.2, 0.25) is 0 Å². The summed E-state index contributed by atoms with van der Waals surface area (Å²) in [6.07, 6.45) is 1.38. The molecule has 0 aliphatic rings. The van der Waals surface area contributed by atoms with E-state index in [2.05, 4.69) is 10.1 Å². The predicted octanol–water partition coefficient (Wildman–Crippen LogP) is 1.17. The van der Waals surface area contributed by atoms with Crippen molar-refractivity contribution in [3.05, 3.63) is 0 Å². The average Bonchev–Trinajstić information content (AvgIpc) is 1.98. The van der Waals surface area contributed by atoms with Crippen molar-refractivity contribution in [2.45, 2.75) is 19.8 Å². The van der Waals surface area contributed by atoms with Crippen molar-refractivity contribution in [2.24, 2.45) is 0 Å². The highest BCUT2D eigenvalue weighted by molar-refractivity contribution is 14.0. The molecule has 0 saturated heterocycles. The standard InChI is InChI=1S/C7H15NO2.HI/c1-3-8-6-4-5-7(9)10-2;/h8H,3-6H2,1-2H3;1H. The summed E-state index contributed by atoms with van der Waals surface area (Å²) in [4.78, 5) is 10.5. The molecule has 1 N–H and O–H groups in total. The van der Waals surface area contributed by atoms with Gasteiger partial charge in [-0.1, -0.05) is 6.92 Å². The molecule has 0 saturated carbocycles. The van der Waals surface area contributed by atoms with Crippen molar-refractivity contribution < 1.29 is 9.53 Å². The summed E-state index contributed by atoms with van der Waals surface area (Å²) >= 11 is 0. The predicted molar refractivity (Wildman–Crippen MR) is 55.2 cm³/mol. The molecule has 0 unspecified atom stereocenters. The molecule has 0 spiro atoms. The molecule has 0 aromatic heterocycles. The molecule has 0 bridgehead atoms. The lowest BCUT2D eigenvalue weighted by atomic mass is 10.3. The molecule has 0 aliphatic carbocycles. The molecule has 0 atom stereocenters. The Hall–Kier alpha value is 0.160. The van der Waals surface area contributed by atoms with Gasteiger partial charge in [0, 0.05) is 6.42 Å². The summed E-state index contributed by atoms with van der Waals surface area (Å²) in [6.45, 7) is 3.89. The van der Waals surface area contributed by atoms with Crippen LogP contribution in [0.4, 0.5) is 0 Å². The molecule has 0 aromatic carbocycles. The minimum atomic E-state index is -0.127. The van der Waals surface area contributed by atoms with Gasteiger partial charge in [-0.05, 0) is 19.5 Å². The largest absolute Gasteiger partial charge is 0.469 e. The zero-order valence-corrected chi connectivity index (χ0v) is 9.38. The molecule has 3 nitrogen and oxygen atoms in total. The first kappa shape index (κ1) is 13.7. The van der Waals surface area contributed by atoms with Gasteiger partial charge in [0.25, 0.3) is 0 Å². The molecule has 4 heteroatoms. The number of rotatable bonds is 5. The second-order valence-electron chi connectivity index (χ2n) is 2.03. The van der Waals surface area contributed by atoms with Crippen LogP contribution in [0.5, 0.6) is 0 Å². The van der Waals surface area contributed by atoms with E-state index < -0.39 is 0 Å². The number of ether oxygens (including phenoxy) is 1. The number of hydrogen-bond acceptors (Lipinski definition) is 3. The van der Waals surface area contributed by atoms with Crippen LogP contribution in [0, 0.1) is 0 Å². The Balaban J connectivity index is 0. The topological polar surface area (TPSA) is 38.3 Å². The molecule has 0 aliphatic heterocycles. The van der Waals surface area contributed by atoms with E-state index in [1.54, 1.807) is 0 Å². The molecule has 11 heavy (non-hydrogen) atoms. The van der Waals surface area contributed by atoms with Gasteiger partial charge in [-0.25, -0.2) is 0 Å². The Morgan fingerprint density at radius 2 is 2.18 bits per heavy atom. The van der Waals surface area contributed by atoms with Crippen molar-refractivity contribution in [1.82, 2.24) is 5.32 Å². The fourth-order valence-electron chi connectivity index (χ4n) is 0.637. The van der Waals surface area contributed by atoms with Gasteiger partial charge < -0.3 is 10.1 Å². The zero-order chi connectivity index (χ0) is 7.82. The minimum absolute atomic E-state index is 0. The van der Waals surface area contributed by atoms with Gasteiger partial charge in [0.05, 0.1) is 7.11 Å². The molecule has 0 amide bonds. The van der Waals surface area contributed by atoms with Crippen LogP contribution in [0.3, 0.4) is 0 Å². The molecule has 68 valence electrons. The lowest BCUT2D eigenvalue weighted by Crippen LogP contribution is -2.15. The van der Waals surface area contributed by atoms with E-state index in [1.807, 2.05) is 6.92 Å². The van der Waals surface area contributed by atoms with Crippen molar-refractivity contribution >= 4 is 29.9 Å². The van der Waals surface area contributed by atoms with E-state index in [-0.39, 0.29) is 29.9 Å². The Bertz CT molecular complexity index is 98.4. The Morgan fingerprint density at radius 3 is 2.64 bits per heavy atom. The third-order valence-corrected chi connectivity index (χ3v) is 1.21. The first-order chi connectivity index (χ1) is 4.81. The number of nitrogens with one attached hydrogen (secondary N) is 1. The second kappa shape index (κ2) is 10.2. The van der Waals surface area contributed by atoms with Crippen LogP contribution in [-0.4, -0.2) is 26.2 Å². The first-order valence-corrected chi connectivity index (χ1v) is 3.58. The summed E-state index contributed by atoms with van der Waals surface area (Å²) in [5.41, 5.74) is 0. The van der Waals surface area contributed by atoms with Crippen LogP contribution < -0.4 is 5.32 Å². The lowest BCUT2D eigenvalue weighted by Gasteiger charge is -1.99. The Kier molecular flexibility index (Phi) is 12.7. The molecule has 0 fully saturated rings. The monoisotopic (exact) mass is 273 g/mol.